The predicted molar refractivity (Wildman–Crippen MR) is 149 cm³/mol. The minimum absolute atomic E-state index is 0.108. The lowest BCUT2D eigenvalue weighted by molar-refractivity contribution is -0.123. The molecule has 4 rings (SSSR count). The number of carbonyl (C=O) groups is 3. The van der Waals surface area contributed by atoms with Crippen molar-refractivity contribution in [3.8, 4) is 17.5 Å². The second-order valence-corrected chi connectivity index (χ2v) is 9.70. The van der Waals surface area contributed by atoms with Gasteiger partial charge in [-0.3, -0.25) is 14.9 Å². The lowest BCUT2D eigenvalue weighted by Gasteiger charge is -2.25. The Bertz CT molecular complexity index is 1450. The molecule has 1 saturated heterocycles. The van der Waals surface area contributed by atoms with Gasteiger partial charge in [-0.05, 0) is 91.5 Å². The molecule has 14 heteroatoms. The highest BCUT2D eigenvalue weighted by molar-refractivity contribution is 6.30. The largest absolute Gasteiger partial charge is 0.453 e. The summed E-state index contributed by atoms with van der Waals surface area (Å²) in [4.78, 5) is 37.5. The van der Waals surface area contributed by atoms with E-state index in [1.54, 1.807) is 18.2 Å². The molecule has 2 heterocycles. The number of piperidine rings is 1. The van der Waals surface area contributed by atoms with E-state index in [1.165, 1.54) is 23.1 Å². The maximum Gasteiger partial charge on any atom is 0.411 e. The van der Waals surface area contributed by atoms with Crippen molar-refractivity contribution in [3.63, 3.8) is 0 Å². The molecule has 0 aliphatic carbocycles. The van der Waals surface area contributed by atoms with Gasteiger partial charge in [-0.2, -0.15) is 4.68 Å². The van der Waals surface area contributed by atoms with Gasteiger partial charge in [-0.15, -0.1) is 5.10 Å². The number of aromatic nitrogens is 4. The van der Waals surface area contributed by atoms with Gasteiger partial charge in [0.15, 0.2) is 0 Å². The Balaban J connectivity index is 1.48. The first-order valence-corrected chi connectivity index (χ1v) is 13.2. The summed E-state index contributed by atoms with van der Waals surface area (Å²) in [6, 6.07) is 7.75. The number of carbonyl (C=O) groups excluding carboxylic acids is 3. The van der Waals surface area contributed by atoms with Crippen molar-refractivity contribution < 1.29 is 23.5 Å². The zero-order chi connectivity index (χ0) is 29.2. The van der Waals surface area contributed by atoms with Crippen molar-refractivity contribution >= 4 is 40.9 Å². The quantitative estimate of drug-likeness (QED) is 0.296. The maximum absolute atomic E-state index is 14.5. The molecule has 41 heavy (non-hydrogen) atoms. The normalized spacial score (nSPS) is 13.8. The summed E-state index contributed by atoms with van der Waals surface area (Å²) in [6.45, 7) is 1.79. The molecule has 1 atom stereocenters. The molecule has 0 saturated carbocycles. The van der Waals surface area contributed by atoms with Gasteiger partial charge < -0.3 is 20.7 Å². The van der Waals surface area contributed by atoms with Crippen LogP contribution in [0.15, 0.2) is 42.7 Å². The number of halogens is 2. The van der Waals surface area contributed by atoms with E-state index in [0.29, 0.717) is 35.0 Å². The first-order valence-electron chi connectivity index (χ1n) is 12.8. The number of methoxy groups -OCH3 is 1. The molecule has 0 unspecified atom stereocenters. The van der Waals surface area contributed by atoms with Crippen LogP contribution >= 0.6 is 11.6 Å². The molecule has 2 aromatic carbocycles. The Morgan fingerprint density at radius 1 is 1.20 bits per heavy atom. The summed E-state index contributed by atoms with van der Waals surface area (Å²) in [5.41, 5.74) is 0.974. The third-order valence-corrected chi connectivity index (χ3v) is 6.70. The van der Waals surface area contributed by atoms with Gasteiger partial charge in [0.05, 0.1) is 24.0 Å². The topological polar surface area (TPSA) is 152 Å². The SMILES string of the molecule is COC(=O)Nc1ccc(NC(=O)[C@H](CCC2CCNCC2)NC(=O)C#Cc2cc(Cl)ccc2-n2cnnn2)cc1F. The van der Waals surface area contributed by atoms with Crippen molar-refractivity contribution in [2.24, 2.45) is 5.92 Å². The fourth-order valence-electron chi connectivity index (χ4n) is 4.32. The number of nitrogens with one attached hydrogen (secondary N) is 4. The molecule has 3 amide bonds. The highest BCUT2D eigenvalue weighted by atomic mass is 35.5. The first-order chi connectivity index (χ1) is 19.8. The van der Waals surface area contributed by atoms with Crippen LogP contribution in [0.3, 0.4) is 0 Å². The molecule has 0 bridgehead atoms. The van der Waals surface area contributed by atoms with Crippen LogP contribution in [0, 0.1) is 23.6 Å². The van der Waals surface area contributed by atoms with Crippen molar-refractivity contribution in [1.82, 2.24) is 30.8 Å². The van der Waals surface area contributed by atoms with Gasteiger partial charge in [0, 0.05) is 16.6 Å². The van der Waals surface area contributed by atoms with Crippen molar-refractivity contribution in [2.45, 2.75) is 31.7 Å². The van der Waals surface area contributed by atoms with Gasteiger partial charge in [-0.25, -0.2) is 9.18 Å². The molecular weight excluding hydrogens is 555 g/mol. The minimum atomic E-state index is -0.930. The summed E-state index contributed by atoms with van der Waals surface area (Å²) in [7, 11) is 1.16. The lowest BCUT2D eigenvalue weighted by Crippen LogP contribution is -2.44. The molecule has 1 aliphatic heterocycles. The Hall–Kier alpha value is -4.54. The Morgan fingerprint density at radius 2 is 2.00 bits per heavy atom. The van der Waals surface area contributed by atoms with E-state index < -0.39 is 29.8 Å². The van der Waals surface area contributed by atoms with Crippen LogP contribution in [-0.4, -0.2) is 64.4 Å². The van der Waals surface area contributed by atoms with E-state index in [2.05, 4.69) is 53.4 Å². The van der Waals surface area contributed by atoms with E-state index in [0.717, 1.165) is 39.1 Å². The summed E-state index contributed by atoms with van der Waals surface area (Å²) in [6.07, 6.45) is 3.57. The number of benzene rings is 2. The zero-order valence-electron chi connectivity index (χ0n) is 22.1. The van der Waals surface area contributed by atoms with Crippen LogP contribution in [-0.2, 0) is 14.3 Å². The highest BCUT2D eigenvalue weighted by Gasteiger charge is 2.23. The number of anilines is 2. The summed E-state index contributed by atoms with van der Waals surface area (Å²) >= 11 is 6.12. The minimum Gasteiger partial charge on any atom is -0.453 e. The Labute approximate surface area is 240 Å². The first kappa shape index (κ1) is 29.4. The molecule has 3 aromatic rings. The molecule has 1 aromatic heterocycles. The summed E-state index contributed by atoms with van der Waals surface area (Å²) < 4.78 is 20.3. The van der Waals surface area contributed by atoms with E-state index in [9.17, 15) is 18.8 Å². The number of nitrogens with zero attached hydrogens (tertiary/aromatic N) is 4. The third-order valence-electron chi connectivity index (χ3n) is 6.47. The van der Waals surface area contributed by atoms with Crippen LogP contribution in [0.1, 0.15) is 31.2 Å². The van der Waals surface area contributed by atoms with Crippen LogP contribution in [0.4, 0.5) is 20.6 Å². The third kappa shape index (κ3) is 8.47. The summed E-state index contributed by atoms with van der Waals surface area (Å²) in [5, 5.41) is 22.4. The molecule has 1 aliphatic rings. The average molecular weight is 583 g/mol. The van der Waals surface area contributed by atoms with Crippen LogP contribution in [0.2, 0.25) is 5.02 Å². The molecule has 1 fully saturated rings. The average Bonchev–Trinajstić information content (AvgIpc) is 3.51. The predicted octanol–water partition coefficient (Wildman–Crippen LogP) is 2.89. The molecule has 0 radical (unpaired) electrons. The Kier molecular flexibility index (Phi) is 10.2. The van der Waals surface area contributed by atoms with Gasteiger partial charge >= 0.3 is 6.09 Å². The van der Waals surface area contributed by atoms with E-state index >= 15 is 0 Å². The van der Waals surface area contributed by atoms with Gasteiger partial charge in [0.1, 0.15) is 18.2 Å². The van der Waals surface area contributed by atoms with Crippen molar-refractivity contribution in [1.29, 1.82) is 0 Å². The van der Waals surface area contributed by atoms with Crippen molar-refractivity contribution in [3.05, 3.63) is 59.1 Å². The smallest absolute Gasteiger partial charge is 0.411 e. The second-order valence-electron chi connectivity index (χ2n) is 9.26. The number of hydrogen-bond donors (Lipinski definition) is 4. The molecule has 4 N–H and O–H groups in total. The van der Waals surface area contributed by atoms with Crippen LogP contribution in [0.5, 0.6) is 0 Å². The summed E-state index contributed by atoms with van der Waals surface area (Å²) in [5.74, 6) is 3.72. The lowest BCUT2D eigenvalue weighted by atomic mass is 9.91. The fraction of sp³-hybridized carbons (Fsp3) is 0.333. The van der Waals surface area contributed by atoms with Crippen molar-refractivity contribution in [2.75, 3.05) is 30.8 Å². The van der Waals surface area contributed by atoms with Gasteiger partial charge in [-0.1, -0.05) is 17.5 Å². The van der Waals surface area contributed by atoms with E-state index in [4.69, 9.17) is 11.6 Å². The van der Waals surface area contributed by atoms with Crippen LogP contribution < -0.4 is 21.3 Å². The molecule has 12 nitrogen and oxygen atoms in total. The number of amides is 3. The highest BCUT2D eigenvalue weighted by Crippen LogP contribution is 2.22. The molecule has 214 valence electrons. The van der Waals surface area contributed by atoms with E-state index in [-0.39, 0.29) is 11.4 Å². The van der Waals surface area contributed by atoms with E-state index in [1.807, 2.05) is 0 Å². The monoisotopic (exact) mass is 582 g/mol. The second kappa shape index (κ2) is 14.2. The van der Waals surface area contributed by atoms with Gasteiger partial charge in [0.2, 0.25) is 5.91 Å². The number of tetrazole rings is 1. The Morgan fingerprint density at radius 3 is 2.71 bits per heavy atom. The molecular formula is C27H28ClFN8O4. The standard InChI is InChI=1S/C27H28ClFN8O4/c1-41-27(40)34-22-7-5-20(15-21(22)29)32-26(39)23(6-2-17-10-12-30-13-11-17)33-25(38)9-3-18-14-19(28)4-8-24(18)37-16-31-35-36-37/h4-5,7-8,14-17,23,30H,2,6,10-13H2,1H3,(H,32,39)(H,33,38)(H,34,40)/t23-/m0/s1. The number of ether oxygens (including phenoxy) is 1. The molecule has 0 spiro atoms. The zero-order valence-corrected chi connectivity index (χ0v) is 22.9. The fourth-order valence-corrected chi connectivity index (χ4v) is 4.50. The number of hydrogen-bond acceptors (Lipinski definition) is 8. The van der Waals surface area contributed by atoms with Gasteiger partial charge in [0.25, 0.3) is 5.91 Å². The maximum atomic E-state index is 14.5. The number of rotatable bonds is 8. The van der Waals surface area contributed by atoms with Crippen LogP contribution in [0.25, 0.3) is 5.69 Å².